The molecule has 1 aliphatic heterocycles. The molecule has 1 heterocycles. The summed E-state index contributed by atoms with van der Waals surface area (Å²) in [6, 6.07) is 7.06. The molecule has 3 unspecified atom stereocenters. The van der Waals surface area contributed by atoms with Crippen molar-refractivity contribution in [1.82, 2.24) is 4.90 Å². The zero-order valence-electron chi connectivity index (χ0n) is 14.8. The van der Waals surface area contributed by atoms with E-state index in [4.69, 9.17) is 0 Å². The molecule has 0 amide bonds. The standard InChI is InChI=1S/C22H30FN/c1-2-20-16-24(14-13-19-9-6-10-22(23)15-19)17-21(20)12-11-18-7-4-3-5-8-18/h3-7,9-10,15,18,20-21H,2,8,11-14,16-17H2,1H3. The lowest BCUT2D eigenvalue weighted by Gasteiger charge is -2.20. The van der Waals surface area contributed by atoms with E-state index in [2.05, 4.69) is 36.1 Å². The Kier molecular flexibility index (Phi) is 6.25. The molecule has 0 bridgehead atoms. The monoisotopic (exact) mass is 327 g/mol. The van der Waals surface area contributed by atoms with Crippen molar-refractivity contribution >= 4 is 0 Å². The van der Waals surface area contributed by atoms with Crippen LogP contribution in [-0.4, -0.2) is 24.5 Å². The lowest BCUT2D eigenvalue weighted by Crippen LogP contribution is -2.23. The van der Waals surface area contributed by atoms with Crippen LogP contribution in [0, 0.1) is 23.6 Å². The van der Waals surface area contributed by atoms with Crippen molar-refractivity contribution in [2.75, 3.05) is 19.6 Å². The number of benzene rings is 1. The van der Waals surface area contributed by atoms with Gasteiger partial charge in [-0.2, -0.15) is 0 Å². The van der Waals surface area contributed by atoms with Gasteiger partial charge in [0, 0.05) is 19.6 Å². The molecular weight excluding hydrogens is 297 g/mol. The Morgan fingerprint density at radius 2 is 2.00 bits per heavy atom. The van der Waals surface area contributed by atoms with Crippen LogP contribution in [-0.2, 0) is 6.42 Å². The molecule has 1 nitrogen and oxygen atoms in total. The zero-order valence-corrected chi connectivity index (χ0v) is 14.8. The Balaban J connectivity index is 1.46. The van der Waals surface area contributed by atoms with E-state index in [9.17, 15) is 4.39 Å². The third-order valence-corrected chi connectivity index (χ3v) is 5.76. The molecule has 3 rings (SSSR count). The number of hydrogen-bond acceptors (Lipinski definition) is 1. The van der Waals surface area contributed by atoms with E-state index in [1.807, 2.05) is 12.1 Å². The van der Waals surface area contributed by atoms with Gasteiger partial charge in [-0.25, -0.2) is 4.39 Å². The van der Waals surface area contributed by atoms with Crippen molar-refractivity contribution in [3.05, 3.63) is 60.0 Å². The summed E-state index contributed by atoms with van der Waals surface area (Å²) in [5.41, 5.74) is 1.12. The summed E-state index contributed by atoms with van der Waals surface area (Å²) in [6.45, 7) is 5.83. The van der Waals surface area contributed by atoms with E-state index >= 15 is 0 Å². The molecule has 3 atom stereocenters. The Morgan fingerprint density at radius 1 is 1.12 bits per heavy atom. The Labute approximate surface area is 146 Å². The van der Waals surface area contributed by atoms with Crippen LogP contribution in [0.15, 0.2) is 48.6 Å². The maximum Gasteiger partial charge on any atom is 0.123 e. The maximum absolute atomic E-state index is 13.3. The number of halogens is 1. The molecule has 1 aromatic rings. The largest absolute Gasteiger partial charge is 0.302 e. The quantitative estimate of drug-likeness (QED) is 0.662. The second kappa shape index (κ2) is 8.62. The summed E-state index contributed by atoms with van der Waals surface area (Å²) in [7, 11) is 0. The lowest BCUT2D eigenvalue weighted by molar-refractivity contribution is 0.320. The Hall–Kier alpha value is -1.41. The first-order valence-corrected chi connectivity index (χ1v) is 9.54. The molecule has 0 saturated carbocycles. The molecular formula is C22H30FN. The van der Waals surface area contributed by atoms with E-state index in [1.165, 1.54) is 44.8 Å². The van der Waals surface area contributed by atoms with Crippen LogP contribution < -0.4 is 0 Å². The van der Waals surface area contributed by atoms with Crippen LogP contribution in [0.1, 0.15) is 38.2 Å². The van der Waals surface area contributed by atoms with Gasteiger partial charge in [-0.15, -0.1) is 0 Å². The minimum Gasteiger partial charge on any atom is -0.302 e. The summed E-state index contributed by atoms with van der Waals surface area (Å²) in [4.78, 5) is 2.60. The fraction of sp³-hybridized carbons (Fsp3) is 0.545. The van der Waals surface area contributed by atoms with Gasteiger partial charge >= 0.3 is 0 Å². The van der Waals surface area contributed by atoms with Crippen LogP contribution in [0.4, 0.5) is 4.39 Å². The van der Waals surface area contributed by atoms with Gasteiger partial charge in [0.2, 0.25) is 0 Å². The summed E-state index contributed by atoms with van der Waals surface area (Å²) in [6.07, 6.45) is 15.1. The average molecular weight is 327 g/mol. The maximum atomic E-state index is 13.3. The third-order valence-electron chi connectivity index (χ3n) is 5.76. The molecule has 2 heteroatoms. The number of allylic oxidation sites excluding steroid dienone is 4. The predicted octanol–water partition coefficient (Wildman–Crippen LogP) is 5.24. The van der Waals surface area contributed by atoms with Crippen molar-refractivity contribution < 1.29 is 4.39 Å². The summed E-state index contributed by atoms with van der Waals surface area (Å²) in [5, 5.41) is 0. The number of likely N-dealkylation sites (tertiary alicyclic amines) is 1. The second-order valence-electron chi connectivity index (χ2n) is 7.45. The summed E-state index contributed by atoms with van der Waals surface area (Å²) >= 11 is 0. The third kappa shape index (κ3) is 4.80. The first kappa shape index (κ1) is 17.4. The molecule has 0 spiro atoms. The zero-order chi connectivity index (χ0) is 16.8. The number of nitrogens with zero attached hydrogens (tertiary/aromatic N) is 1. The molecule has 130 valence electrons. The number of rotatable bonds is 7. The van der Waals surface area contributed by atoms with Crippen molar-refractivity contribution in [2.24, 2.45) is 17.8 Å². The van der Waals surface area contributed by atoms with Gasteiger partial charge in [0.25, 0.3) is 0 Å². The van der Waals surface area contributed by atoms with Gasteiger partial charge in [0.1, 0.15) is 5.82 Å². The van der Waals surface area contributed by atoms with Crippen molar-refractivity contribution in [2.45, 2.75) is 39.0 Å². The van der Waals surface area contributed by atoms with Gasteiger partial charge in [0.05, 0.1) is 0 Å². The first-order valence-electron chi connectivity index (χ1n) is 9.54. The van der Waals surface area contributed by atoms with Gasteiger partial charge in [0.15, 0.2) is 0 Å². The molecule has 0 radical (unpaired) electrons. The average Bonchev–Trinajstić information content (AvgIpc) is 3.01. The van der Waals surface area contributed by atoms with Crippen LogP contribution in [0.5, 0.6) is 0 Å². The lowest BCUT2D eigenvalue weighted by atomic mass is 9.85. The molecule has 1 aromatic carbocycles. The Bertz CT molecular complexity index is 577. The Morgan fingerprint density at radius 3 is 2.75 bits per heavy atom. The van der Waals surface area contributed by atoms with E-state index in [0.717, 1.165) is 36.3 Å². The fourth-order valence-electron chi connectivity index (χ4n) is 4.26. The smallest absolute Gasteiger partial charge is 0.123 e. The van der Waals surface area contributed by atoms with E-state index in [0.29, 0.717) is 0 Å². The van der Waals surface area contributed by atoms with Gasteiger partial charge < -0.3 is 4.90 Å². The molecule has 1 saturated heterocycles. The van der Waals surface area contributed by atoms with E-state index in [-0.39, 0.29) is 5.82 Å². The van der Waals surface area contributed by atoms with E-state index in [1.54, 1.807) is 6.07 Å². The van der Waals surface area contributed by atoms with Crippen LogP contribution in [0.3, 0.4) is 0 Å². The van der Waals surface area contributed by atoms with Gasteiger partial charge in [-0.05, 0) is 61.1 Å². The topological polar surface area (TPSA) is 3.24 Å². The normalized spacial score (nSPS) is 27.0. The first-order chi connectivity index (χ1) is 11.7. The SMILES string of the molecule is CCC1CN(CCc2cccc(F)c2)CC1CCC1C=CC=CC1. The fourth-order valence-corrected chi connectivity index (χ4v) is 4.26. The van der Waals surface area contributed by atoms with Gasteiger partial charge in [-0.3, -0.25) is 0 Å². The molecule has 0 N–H and O–H groups in total. The minimum absolute atomic E-state index is 0.118. The molecule has 1 aliphatic carbocycles. The molecule has 0 aromatic heterocycles. The van der Waals surface area contributed by atoms with Crippen LogP contribution in [0.2, 0.25) is 0 Å². The summed E-state index contributed by atoms with van der Waals surface area (Å²) < 4.78 is 13.3. The molecule has 24 heavy (non-hydrogen) atoms. The van der Waals surface area contributed by atoms with Crippen molar-refractivity contribution in [1.29, 1.82) is 0 Å². The van der Waals surface area contributed by atoms with Crippen molar-refractivity contribution in [3.63, 3.8) is 0 Å². The predicted molar refractivity (Wildman–Crippen MR) is 99.4 cm³/mol. The second-order valence-corrected chi connectivity index (χ2v) is 7.45. The van der Waals surface area contributed by atoms with E-state index < -0.39 is 0 Å². The van der Waals surface area contributed by atoms with Gasteiger partial charge in [-0.1, -0.05) is 49.8 Å². The molecule has 2 aliphatic rings. The van der Waals surface area contributed by atoms with Crippen LogP contribution >= 0.6 is 0 Å². The molecule has 1 fully saturated rings. The highest BCUT2D eigenvalue weighted by molar-refractivity contribution is 5.16. The van der Waals surface area contributed by atoms with Crippen molar-refractivity contribution in [3.8, 4) is 0 Å². The minimum atomic E-state index is -0.118. The van der Waals surface area contributed by atoms with Crippen LogP contribution in [0.25, 0.3) is 0 Å². The highest BCUT2D eigenvalue weighted by Gasteiger charge is 2.31. The highest BCUT2D eigenvalue weighted by atomic mass is 19.1. The summed E-state index contributed by atoms with van der Waals surface area (Å²) in [5.74, 6) is 2.30. The number of hydrogen-bond donors (Lipinski definition) is 0. The highest BCUT2D eigenvalue weighted by Crippen LogP contribution is 2.32.